The summed E-state index contributed by atoms with van der Waals surface area (Å²) in [6.07, 6.45) is 0.586. The molecule has 1 rings (SSSR count). The molecule has 0 aliphatic heterocycles. The van der Waals surface area contributed by atoms with Gasteiger partial charge in [-0.05, 0) is 42.3 Å². The zero-order valence-electron chi connectivity index (χ0n) is 8.49. The summed E-state index contributed by atoms with van der Waals surface area (Å²) in [4.78, 5) is 0. The zero-order valence-corrected chi connectivity index (χ0v) is 9.31. The van der Waals surface area contributed by atoms with Gasteiger partial charge in [-0.3, -0.25) is 0 Å². The molecule has 1 heterocycles. The summed E-state index contributed by atoms with van der Waals surface area (Å²) in [5, 5.41) is 16.9. The van der Waals surface area contributed by atoms with Crippen molar-refractivity contribution in [1.29, 1.82) is 0 Å². The van der Waals surface area contributed by atoms with Crippen LogP contribution in [-0.2, 0) is 0 Å². The van der Waals surface area contributed by atoms with Crippen molar-refractivity contribution in [3.63, 3.8) is 0 Å². The van der Waals surface area contributed by atoms with Crippen molar-refractivity contribution < 1.29 is 5.11 Å². The molecule has 1 atom stereocenters. The summed E-state index contributed by atoms with van der Waals surface area (Å²) in [6.45, 7) is 7.33. The summed E-state index contributed by atoms with van der Waals surface area (Å²) in [5.41, 5.74) is 2.17. The fourth-order valence-corrected chi connectivity index (χ4v) is 1.83. The highest BCUT2D eigenvalue weighted by atomic mass is 32.1. The Hall–Kier alpha value is -0.640. The lowest BCUT2D eigenvalue weighted by Crippen LogP contribution is -2.22. The standard InChI is InChI=1S/C11H17NOS/c1-9(2)3-5-12-7-11(13)10-4-6-14-8-10/h4,6,8,11-13H,1,3,5,7H2,2H3. The monoisotopic (exact) mass is 211 g/mol. The van der Waals surface area contributed by atoms with Crippen LogP contribution in [0.4, 0.5) is 0 Å². The maximum atomic E-state index is 9.70. The summed E-state index contributed by atoms with van der Waals surface area (Å²) in [6, 6.07) is 1.95. The lowest BCUT2D eigenvalue weighted by molar-refractivity contribution is 0.175. The van der Waals surface area contributed by atoms with E-state index in [2.05, 4.69) is 11.9 Å². The third-order valence-electron chi connectivity index (χ3n) is 1.99. The fourth-order valence-electron chi connectivity index (χ4n) is 1.12. The molecule has 0 aromatic carbocycles. The summed E-state index contributed by atoms with van der Waals surface area (Å²) >= 11 is 1.61. The molecule has 1 aromatic rings. The van der Waals surface area contributed by atoms with Gasteiger partial charge in [0, 0.05) is 6.54 Å². The highest BCUT2D eigenvalue weighted by molar-refractivity contribution is 7.07. The smallest absolute Gasteiger partial charge is 0.0922 e. The molecule has 1 aromatic heterocycles. The molecular formula is C11H17NOS. The van der Waals surface area contributed by atoms with E-state index in [1.807, 2.05) is 23.8 Å². The normalized spacial score (nSPS) is 12.7. The van der Waals surface area contributed by atoms with Crippen molar-refractivity contribution in [3.8, 4) is 0 Å². The van der Waals surface area contributed by atoms with Crippen molar-refractivity contribution >= 4 is 11.3 Å². The number of thiophene rings is 1. The van der Waals surface area contributed by atoms with Gasteiger partial charge in [0.15, 0.2) is 0 Å². The lowest BCUT2D eigenvalue weighted by Gasteiger charge is -2.10. The van der Waals surface area contributed by atoms with Crippen LogP contribution in [0.5, 0.6) is 0 Å². The Morgan fingerprint density at radius 3 is 3.07 bits per heavy atom. The maximum Gasteiger partial charge on any atom is 0.0922 e. The number of nitrogens with one attached hydrogen (secondary N) is 1. The summed E-state index contributed by atoms with van der Waals surface area (Å²) < 4.78 is 0. The van der Waals surface area contributed by atoms with Crippen LogP contribution in [0.25, 0.3) is 0 Å². The molecule has 0 bridgehead atoms. The first-order valence-electron chi connectivity index (χ1n) is 4.75. The van der Waals surface area contributed by atoms with E-state index in [-0.39, 0.29) is 6.10 Å². The summed E-state index contributed by atoms with van der Waals surface area (Å²) in [7, 11) is 0. The van der Waals surface area contributed by atoms with E-state index in [0.717, 1.165) is 18.5 Å². The van der Waals surface area contributed by atoms with E-state index < -0.39 is 0 Å². The highest BCUT2D eigenvalue weighted by Crippen LogP contribution is 2.14. The second kappa shape index (κ2) is 5.96. The minimum absolute atomic E-state index is 0.383. The van der Waals surface area contributed by atoms with E-state index >= 15 is 0 Å². The first-order valence-corrected chi connectivity index (χ1v) is 5.69. The van der Waals surface area contributed by atoms with Crippen molar-refractivity contribution in [2.45, 2.75) is 19.4 Å². The van der Waals surface area contributed by atoms with Crippen LogP contribution in [0.3, 0.4) is 0 Å². The first kappa shape index (κ1) is 11.4. The van der Waals surface area contributed by atoms with Crippen LogP contribution in [-0.4, -0.2) is 18.2 Å². The van der Waals surface area contributed by atoms with Gasteiger partial charge in [0.25, 0.3) is 0 Å². The van der Waals surface area contributed by atoms with E-state index in [4.69, 9.17) is 0 Å². The minimum atomic E-state index is -0.383. The Labute approximate surface area is 89.3 Å². The minimum Gasteiger partial charge on any atom is -0.387 e. The zero-order chi connectivity index (χ0) is 10.4. The Bertz CT molecular complexity index is 269. The third-order valence-corrected chi connectivity index (χ3v) is 2.70. The Kier molecular flexibility index (Phi) is 4.87. The van der Waals surface area contributed by atoms with Gasteiger partial charge < -0.3 is 10.4 Å². The number of aliphatic hydroxyl groups is 1. The molecule has 3 heteroatoms. The van der Waals surface area contributed by atoms with Crippen LogP contribution in [0.15, 0.2) is 29.0 Å². The fraction of sp³-hybridized carbons (Fsp3) is 0.455. The van der Waals surface area contributed by atoms with E-state index in [0.29, 0.717) is 6.54 Å². The van der Waals surface area contributed by atoms with Gasteiger partial charge in [-0.25, -0.2) is 0 Å². The predicted octanol–water partition coefficient (Wildman–Crippen LogP) is 2.34. The number of hydrogen-bond donors (Lipinski definition) is 2. The molecule has 78 valence electrons. The largest absolute Gasteiger partial charge is 0.387 e. The molecule has 2 nitrogen and oxygen atoms in total. The van der Waals surface area contributed by atoms with Crippen LogP contribution in [0.1, 0.15) is 25.0 Å². The average molecular weight is 211 g/mol. The van der Waals surface area contributed by atoms with Crippen LogP contribution < -0.4 is 5.32 Å². The number of hydrogen-bond acceptors (Lipinski definition) is 3. The topological polar surface area (TPSA) is 32.3 Å². The van der Waals surface area contributed by atoms with E-state index in [1.165, 1.54) is 5.57 Å². The van der Waals surface area contributed by atoms with Crippen molar-refractivity contribution in [2.24, 2.45) is 0 Å². The molecule has 1 unspecified atom stereocenters. The molecule has 0 aliphatic rings. The lowest BCUT2D eigenvalue weighted by atomic mass is 10.2. The molecule has 0 fully saturated rings. The van der Waals surface area contributed by atoms with Crippen molar-refractivity contribution in [2.75, 3.05) is 13.1 Å². The Morgan fingerprint density at radius 1 is 1.71 bits per heavy atom. The molecule has 0 spiro atoms. The Balaban J connectivity index is 2.16. The predicted molar refractivity (Wildman–Crippen MR) is 61.6 cm³/mol. The molecule has 14 heavy (non-hydrogen) atoms. The molecule has 2 N–H and O–H groups in total. The van der Waals surface area contributed by atoms with Gasteiger partial charge in [0.1, 0.15) is 0 Å². The van der Waals surface area contributed by atoms with E-state index in [1.54, 1.807) is 11.3 Å². The molecule has 0 aliphatic carbocycles. The van der Waals surface area contributed by atoms with E-state index in [9.17, 15) is 5.11 Å². The highest BCUT2D eigenvalue weighted by Gasteiger charge is 2.06. The van der Waals surface area contributed by atoms with Gasteiger partial charge in [0.2, 0.25) is 0 Å². The molecule has 0 radical (unpaired) electrons. The summed E-state index contributed by atoms with van der Waals surface area (Å²) in [5.74, 6) is 0. The maximum absolute atomic E-state index is 9.70. The number of rotatable bonds is 6. The van der Waals surface area contributed by atoms with Gasteiger partial charge >= 0.3 is 0 Å². The molecule has 0 saturated carbocycles. The van der Waals surface area contributed by atoms with Crippen molar-refractivity contribution in [1.82, 2.24) is 5.32 Å². The average Bonchev–Trinajstić information content (AvgIpc) is 2.64. The third kappa shape index (κ3) is 4.05. The Morgan fingerprint density at radius 2 is 2.50 bits per heavy atom. The number of aliphatic hydroxyl groups excluding tert-OH is 1. The molecular weight excluding hydrogens is 194 g/mol. The van der Waals surface area contributed by atoms with Crippen LogP contribution >= 0.6 is 11.3 Å². The molecule has 0 saturated heterocycles. The first-order chi connectivity index (χ1) is 6.70. The van der Waals surface area contributed by atoms with Gasteiger partial charge in [-0.15, -0.1) is 6.58 Å². The van der Waals surface area contributed by atoms with Crippen molar-refractivity contribution in [3.05, 3.63) is 34.5 Å². The van der Waals surface area contributed by atoms with Gasteiger partial charge in [0.05, 0.1) is 6.10 Å². The van der Waals surface area contributed by atoms with Gasteiger partial charge in [-0.2, -0.15) is 11.3 Å². The second-order valence-electron chi connectivity index (χ2n) is 3.48. The van der Waals surface area contributed by atoms with Crippen LogP contribution in [0, 0.1) is 0 Å². The molecule has 0 amide bonds. The van der Waals surface area contributed by atoms with Crippen LogP contribution in [0.2, 0.25) is 0 Å². The quantitative estimate of drug-likeness (QED) is 0.559. The SMILES string of the molecule is C=C(C)CCNCC(O)c1ccsc1. The second-order valence-corrected chi connectivity index (χ2v) is 4.26. The van der Waals surface area contributed by atoms with Gasteiger partial charge in [-0.1, -0.05) is 5.57 Å².